The second-order valence-corrected chi connectivity index (χ2v) is 5.17. The lowest BCUT2D eigenvalue weighted by atomic mass is 9.94. The fourth-order valence-electron chi connectivity index (χ4n) is 2.66. The molecule has 0 aliphatic heterocycles. The highest BCUT2D eigenvalue weighted by molar-refractivity contribution is 6.08. The number of Topliss-reactive ketones (excluding diaryl/α,β-unsaturated/α-hetero) is 1. The quantitative estimate of drug-likeness (QED) is 0.830. The van der Waals surface area contributed by atoms with E-state index in [-0.39, 0.29) is 17.5 Å². The number of hydrogen-bond acceptors (Lipinski definition) is 4. The van der Waals surface area contributed by atoms with Crippen molar-refractivity contribution in [2.75, 3.05) is 11.1 Å². The van der Waals surface area contributed by atoms with E-state index in [4.69, 9.17) is 10.2 Å². The summed E-state index contributed by atoms with van der Waals surface area (Å²) >= 11 is 0. The predicted molar refractivity (Wildman–Crippen MR) is 79.5 cm³/mol. The number of rotatable bonds is 2. The van der Waals surface area contributed by atoms with E-state index < -0.39 is 0 Å². The van der Waals surface area contributed by atoms with Crippen LogP contribution in [0.1, 0.15) is 45.1 Å². The van der Waals surface area contributed by atoms with Crippen LogP contribution in [-0.4, -0.2) is 11.7 Å². The Hall–Kier alpha value is -2.56. The lowest BCUT2D eigenvalue weighted by Gasteiger charge is -2.07. The summed E-state index contributed by atoms with van der Waals surface area (Å²) in [5.74, 6) is 0.483. The molecule has 1 aromatic heterocycles. The minimum Gasteiger partial charge on any atom is -0.455 e. The van der Waals surface area contributed by atoms with E-state index in [9.17, 15) is 9.59 Å². The van der Waals surface area contributed by atoms with Gasteiger partial charge in [-0.3, -0.25) is 9.59 Å². The van der Waals surface area contributed by atoms with Crippen molar-refractivity contribution >= 4 is 23.1 Å². The van der Waals surface area contributed by atoms with Crippen LogP contribution in [0.4, 0.5) is 11.4 Å². The van der Waals surface area contributed by atoms with Gasteiger partial charge in [0.1, 0.15) is 5.76 Å². The number of nitrogens with two attached hydrogens (primary N) is 1. The van der Waals surface area contributed by atoms with Gasteiger partial charge in [-0.15, -0.1) is 0 Å². The third-order valence-corrected chi connectivity index (χ3v) is 3.72. The third-order valence-electron chi connectivity index (χ3n) is 3.72. The Bertz CT molecular complexity index is 731. The number of carbonyl (C=O) groups excluding carboxylic acids is 2. The van der Waals surface area contributed by atoms with E-state index in [0.29, 0.717) is 41.1 Å². The van der Waals surface area contributed by atoms with Gasteiger partial charge in [-0.05, 0) is 25.5 Å². The number of nitrogen functional groups attached to an aromatic ring is 1. The van der Waals surface area contributed by atoms with Gasteiger partial charge in [-0.25, -0.2) is 0 Å². The van der Waals surface area contributed by atoms with Crippen LogP contribution >= 0.6 is 0 Å². The summed E-state index contributed by atoms with van der Waals surface area (Å²) in [6, 6.07) is 7.01. The molecule has 0 saturated heterocycles. The van der Waals surface area contributed by atoms with Gasteiger partial charge in [-0.2, -0.15) is 0 Å². The number of ketones is 1. The normalized spacial score (nSPS) is 13.9. The van der Waals surface area contributed by atoms with Crippen LogP contribution in [0.2, 0.25) is 0 Å². The summed E-state index contributed by atoms with van der Waals surface area (Å²) in [5, 5.41) is 2.72. The number of hydrogen-bond donors (Lipinski definition) is 2. The Kier molecular flexibility index (Phi) is 3.25. The van der Waals surface area contributed by atoms with Crippen LogP contribution in [0.3, 0.4) is 0 Å². The molecule has 1 aromatic carbocycles. The summed E-state index contributed by atoms with van der Waals surface area (Å²) in [6.45, 7) is 1.74. The summed E-state index contributed by atoms with van der Waals surface area (Å²) in [4.78, 5) is 24.3. The third kappa shape index (κ3) is 2.31. The summed E-state index contributed by atoms with van der Waals surface area (Å²) in [5.41, 5.74) is 8.01. The Morgan fingerprint density at radius 2 is 2.05 bits per heavy atom. The van der Waals surface area contributed by atoms with Crippen molar-refractivity contribution in [2.45, 2.75) is 26.2 Å². The Morgan fingerprint density at radius 3 is 2.76 bits per heavy atom. The van der Waals surface area contributed by atoms with Crippen molar-refractivity contribution in [3.8, 4) is 0 Å². The number of fused-ring (bicyclic) bond motifs is 1. The van der Waals surface area contributed by atoms with Crippen molar-refractivity contribution < 1.29 is 14.0 Å². The molecule has 0 unspecified atom stereocenters. The highest BCUT2D eigenvalue weighted by Gasteiger charge is 2.28. The molecule has 21 heavy (non-hydrogen) atoms. The molecular weight excluding hydrogens is 268 g/mol. The van der Waals surface area contributed by atoms with Gasteiger partial charge in [0.15, 0.2) is 11.5 Å². The van der Waals surface area contributed by atoms with Gasteiger partial charge in [0.05, 0.1) is 16.9 Å². The molecule has 0 bridgehead atoms. The summed E-state index contributed by atoms with van der Waals surface area (Å²) < 4.78 is 5.61. The SMILES string of the molecule is Cc1c(C(=O)Nc2ccccc2N)oc2c1C(=O)CCC2. The predicted octanol–water partition coefficient (Wildman–Crippen LogP) is 2.94. The van der Waals surface area contributed by atoms with Gasteiger partial charge in [0, 0.05) is 18.4 Å². The van der Waals surface area contributed by atoms with E-state index in [1.165, 1.54) is 0 Å². The zero-order valence-corrected chi connectivity index (χ0v) is 11.7. The van der Waals surface area contributed by atoms with Crippen LogP contribution in [0.15, 0.2) is 28.7 Å². The highest BCUT2D eigenvalue weighted by Crippen LogP contribution is 2.30. The molecule has 2 aromatic rings. The highest BCUT2D eigenvalue weighted by atomic mass is 16.4. The van der Waals surface area contributed by atoms with Crippen molar-refractivity contribution in [1.29, 1.82) is 0 Å². The number of furan rings is 1. The number of benzene rings is 1. The molecule has 5 nitrogen and oxygen atoms in total. The van der Waals surface area contributed by atoms with Crippen LogP contribution < -0.4 is 11.1 Å². The molecule has 0 saturated carbocycles. The van der Waals surface area contributed by atoms with Crippen molar-refractivity contribution in [3.63, 3.8) is 0 Å². The Labute approximate surface area is 122 Å². The lowest BCUT2D eigenvalue weighted by molar-refractivity contribution is 0.0963. The minimum atomic E-state index is -0.382. The maximum absolute atomic E-state index is 12.3. The monoisotopic (exact) mass is 284 g/mol. The molecule has 3 N–H and O–H groups in total. The molecular formula is C16H16N2O3. The van der Waals surface area contributed by atoms with Crippen molar-refractivity contribution in [1.82, 2.24) is 0 Å². The Balaban J connectivity index is 1.93. The molecule has 0 radical (unpaired) electrons. The van der Waals surface area contributed by atoms with Crippen LogP contribution in [0.5, 0.6) is 0 Å². The van der Waals surface area contributed by atoms with E-state index in [2.05, 4.69) is 5.32 Å². The fraction of sp³-hybridized carbons (Fsp3) is 0.250. The van der Waals surface area contributed by atoms with Gasteiger partial charge >= 0.3 is 0 Å². The zero-order valence-electron chi connectivity index (χ0n) is 11.7. The topological polar surface area (TPSA) is 85.3 Å². The molecule has 1 aliphatic carbocycles. The van der Waals surface area contributed by atoms with E-state index >= 15 is 0 Å². The smallest absolute Gasteiger partial charge is 0.291 e. The molecule has 0 fully saturated rings. The molecule has 1 aliphatic rings. The van der Waals surface area contributed by atoms with E-state index in [0.717, 1.165) is 6.42 Å². The summed E-state index contributed by atoms with van der Waals surface area (Å²) in [7, 11) is 0. The van der Waals surface area contributed by atoms with Crippen LogP contribution in [0, 0.1) is 6.92 Å². The van der Waals surface area contributed by atoms with Gasteiger partial charge in [0.25, 0.3) is 5.91 Å². The molecule has 0 spiro atoms. The summed E-state index contributed by atoms with van der Waals surface area (Å²) in [6.07, 6.45) is 1.98. The fourth-order valence-corrected chi connectivity index (χ4v) is 2.66. The van der Waals surface area contributed by atoms with Crippen LogP contribution in [0.25, 0.3) is 0 Å². The Morgan fingerprint density at radius 1 is 1.29 bits per heavy atom. The molecule has 5 heteroatoms. The standard InChI is InChI=1S/C16H16N2O3/c1-9-14-12(19)7-4-8-13(14)21-15(9)16(20)18-11-6-3-2-5-10(11)17/h2-3,5-6H,4,7-8,17H2,1H3,(H,18,20). The number of aryl methyl sites for hydroxylation is 1. The average Bonchev–Trinajstić information content (AvgIpc) is 2.80. The lowest BCUT2D eigenvalue weighted by Crippen LogP contribution is -2.14. The van der Waals surface area contributed by atoms with Crippen molar-refractivity contribution in [2.24, 2.45) is 0 Å². The first-order valence-corrected chi connectivity index (χ1v) is 6.89. The first kappa shape index (κ1) is 13.4. The second-order valence-electron chi connectivity index (χ2n) is 5.17. The zero-order chi connectivity index (χ0) is 15.0. The molecule has 0 atom stereocenters. The van der Waals surface area contributed by atoms with Gasteiger partial charge in [-0.1, -0.05) is 12.1 Å². The largest absolute Gasteiger partial charge is 0.455 e. The molecule has 1 heterocycles. The number of para-hydroxylation sites is 2. The molecule has 3 rings (SSSR count). The first-order chi connectivity index (χ1) is 10.1. The number of nitrogens with one attached hydrogen (secondary N) is 1. The number of carbonyl (C=O) groups is 2. The van der Waals surface area contributed by atoms with Crippen LogP contribution in [-0.2, 0) is 6.42 Å². The van der Waals surface area contributed by atoms with E-state index in [1.807, 2.05) is 0 Å². The average molecular weight is 284 g/mol. The second kappa shape index (κ2) is 5.09. The molecule has 1 amide bonds. The van der Waals surface area contributed by atoms with Gasteiger partial charge in [0.2, 0.25) is 0 Å². The number of anilines is 2. The first-order valence-electron chi connectivity index (χ1n) is 6.89. The maximum atomic E-state index is 12.3. The van der Waals surface area contributed by atoms with E-state index in [1.54, 1.807) is 31.2 Å². The number of amides is 1. The van der Waals surface area contributed by atoms with Gasteiger partial charge < -0.3 is 15.5 Å². The van der Waals surface area contributed by atoms with Crippen molar-refractivity contribution in [3.05, 3.63) is 46.9 Å². The molecule has 108 valence electrons. The minimum absolute atomic E-state index is 0.0516. The maximum Gasteiger partial charge on any atom is 0.291 e.